The van der Waals surface area contributed by atoms with E-state index in [-0.39, 0.29) is 12.0 Å². The number of benzene rings is 1. The number of aromatic nitrogens is 2. The van der Waals surface area contributed by atoms with E-state index < -0.39 is 0 Å². The number of hydrogen-bond acceptors (Lipinski definition) is 4. The Balaban J connectivity index is 1.53. The SMILES string of the molecule is Cc1cc(CC[C@H]2CN(C(=O)Cc3ccccc3C)CCO2)ncn1. The molecule has 5 heteroatoms. The lowest BCUT2D eigenvalue weighted by atomic mass is 10.0. The van der Waals surface area contributed by atoms with Gasteiger partial charge in [-0.15, -0.1) is 0 Å². The molecule has 1 amide bonds. The molecule has 1 atom stereocenters. The van der Waals surface area contributed by atoms with Crippen molar-refractivity contribution in [3.8, 4) is 0 Å². The van der Waals surface area contributed by atoms with Gasteiger partial charge in [0.2, 0.25) is 5.91 Å². The Morgan fingerprint density at radius 3 is 2.92 bits per heavy atom. The summed E-state index contributed by atoms with van der Waals surface area (Å²) in [5.41, 5.74) is 4.27. The Morgan fingerprint density at radius 1 is 1.28 bits per heavy atom. The molecule has 1 aromatic carbocycles. The second-order valence-electron chi connectivity index (χ2n) is 6.63. The van der Waals surface area contributed by atoms with E-state index in [4.69, 9.17) is 4.74 Å². The van der Waals surface area contributed by atoms with Gasteiger partial charge in [-0.05, 0) is 43.9 Å². The molecule has 1 saturated heterocycles. The quantitative estimate of drug-likeness (QED) is 0.840. The van der Waals surface area contributed by atoms with E-state index in [0.717, 1.165) is 29.8 Å². The molecule has 0 unspecified atom stereocenters. The lowest BCUT2D eigenvalue weighted by Crippen LogP contribution is -2.46. The highest BCUT2D eigenvalue weighted by atomic mass is 16.5. The first-order valence-electron chi connectivity index (χ1n) is 8.83. The molecular weight excluding hydrogens is 314 g/mol. The van der Waals surface area contributed by atoms with Crippen LogP contribution in [0, 0.1) is 13.8 Å². The number of nitrogens with zero attached hydrogens (tertiary/aromatic N) is 3. The zero-order valence-electron chi connectivity index (χ0n) is 14.9. The maximum Gasteiger partial charge on any atom is 0.227 e. The van der Waals surface area contributed by atoms with Gasteiger partial charge in [0.25, 0.3) is 0 Å². The van der Waals surface area contributed by atoms with Crippen LogP contribution in [-0.4, -0.2) is 46.6 Å². The second-order valence-corrected chi connectivity index (χ2v) is 6.63. The van der Waals surface area contributed by atoms with Crippen LogP contribution in [0.1, 0.15) is 28.9 Å². The van der Waals surface area contributed by atoms with Gasteiger partial charge in [0, 0.05) is 24.5 Å². The monoisotopic (exact) mass is 339 g/mol. The van der Waals surface area contributed by atoms with E-state index in [9.17, 15) is 4.79 Å². The number of amides is 1. The van der Waals surface area contributed by atoms with E-state index in [1.165, 1.54) is 5.56 Å². The summed E-state index contributed by atoms with van der Waals surface area (Å²) in [6, 6.07) is 10.1. The van der Waals surface area contributed by atoms with Crippen molar-refractivity contribution in [3.63, 3.8) is 0 Å². The molecule has 0 bridgehead atoms. The first kappa shape index (κ1) is 17.5. The topological polar surface area (TPSA) is 55.3 Å². The molecule has 1 aliphatic heterocycles. The van der Waals surface area contributed by atoms with Crippen molar-refractivity contribution >= 4 is 5.91 Å². The molecule has 0 radical (unpaired) electrons. The number of ether oxygens (including phenoxy) is 1. The van der Waals surface area contributed by atoms with Crippen LogP contribution in [0.5, 0.6) is 0 Å². The van der Waals surface area contributed by atoms with Crippen LogP contribution < -0.4 is 0 Å². The fraction of sp³-hybridized carbons (Fsp3) is 0.450. The minimum atomic E-state index is 0.0739. The molecule has 1 aromatic heterocycles. The fourth-order valence-electron chi connectivity index (χ4n) is 3.16. The largest absolute Gasteiger partial charge is 0.375 e. The molecule has 132 valence electrons. The predicted octanol–water partition coefficient (Wildman–Crippen LogP) is 2.50. The highest BCUT2D eigenvalue weighted by Crippen LogP contribution is 2.15. The van der Waals surface area contributed by atoms with Gasteiger partial charge < -0.3 is 9.64 Å². The van der Waals surface area contributed by atoms with E-state index in [1.54, 1.807) is 6.33 Å². The summed E-state index contributed by atoms with van der Waals surface area (Å²) in [7, 11) is 0. The Bertz CT molecular complexity index is 732. The Kier molecular flexibility index (Phi) is 5.76. The predicted molar refractivity (Wildman–Crippen MR) is 96.3 cm³/mol. The zero-order chi connectivity index (χ0) is 17.6. The summed E-state index contributed by atoms with van der Waals surface area (Å²) >= 11 is 0. The zero-order valence-corrected chi connectivity index (χ0v) is 14.9. The van der Waals surface area contributed by atoms with Gasteiger partial charge in [0.1, 0.15) is 6.33 Å². The number of carbonyl (C=O) groups excluding carboxylic acids is 1. The summed E-state index contributed by atoms with van der Waals surface area (Å²) < 4.78 is 5.85. The highest BCUT2D eigenvalue weighted by molar-refractivity contribution is 5.79. The van der Waals surface area contributed by atoms with Crippen LogP contribution in [0.4, 0.5) is 0 Å². The molecule has 0 saturated carbocycles. The van der Waals surface area contributed by atoms with Crippen LogP contribution in [-0.2, 0) is 22.4 Å². The standard InChI is InChI=1S/C20H25N3O2/c1-15-5-3-4-6-17(15)12-20(24)23-9-10-25-19(13-23)8-7-18-11-16(2)21-14-22-18/h3-6,11,14,19H,7-10,12-13H2,1-2H3/t19-/m0/s1. The molecule has 1 fully saturated rings. The van der Waals surface area contributed by atoms with Crippen molar-refractivity contribution in [2.24, 2.45) is 0 Å². The molecule has 1 aliphatic rings. The van der Waals surface area contributed by atoms with Gasteiger partial charge in [-0.2, -0.15) is 0 Å². The normalized spacial score (nSPS) is 17.5. The van der Waals surface area contributed by atoms with Gasteiger partial charge in [0.15, 0.2) is 0 Å². The Morgan fingerprint density at radius 2 is 2.12 bits per heavy atom. The van der Waals surface area contributed by atoms with Crippen molar-refractivity contribution < 1.29 is 9.53 Å². The Hall–Kier alpha value is -2.27. The summed E-state index contributed by atoms with van der Waals surface area (Å²) in [6.45, 7) is 5.96. The molecule has 0 aliphatic carbocycles. The number of rotatable bonds is 5. The molecule has 0 N–H and O–H groups in total. The van der Waals surface area contributed by atoms with E-state index >= 15 is 0 Å². The van der Waals surface area contributed by atoms with Crippen molar-refractivity contribution in [2.75, 3.05) is 19.7 Å². The van der Waals surface area contributed by atoms with Crippen LogP contribution in [0.25, 0.3) is 0 Å². The van der Waals surface area contributed by atoms with E-state index in [0.29, 0.717) is 26.1 Å². The number of hydrogen-bond donors (Lipinski definition) is 0. The average molecular weight is 339 g/mol. The first-order chi connectivity index (χ1) is 12.1. The molecule has 3 rings (SSSR count). The molecule has 2 heterocycles. The fourth-order valence-corrected chi connectivity index (χ4v) is 3.16. The minimum Gasteiger partial charge on any atom is -0.375 e. The average Bonchev–Trinajstić information content (AvgIpc) is 2.62. The van der Waals surface area contributed by atoms with E-state index in [1.807, 2.05) is 36.1 Å². The summed E-state index contributed by atoms with van der Waals surface area (Å²) in [5, 5.41) is 0. The van der Waals surface area contributed by atoms with Gasteiger partial charge in [-0.25, -0.2) is 9.97 Å². The Labute approximate surface area is 149 Å². The third kappa shape index (κ3) is 4.86. The van der Waals surface area contributed by atoms with Gasteiger partial charge in [-0.3, -0.25) is 4.79 Å². The summed E-state index contributed by atoms with van der Waals surface area (Å²) in [6.07, 6.45) is 3.85. The maximum absolute atomic E-state index is 12.6. The third-order valence-electron chi connectivity index (χ3n) is 4.68. The van der Waals surface area contributed by atoms with Crippen LogP contribution in [0.2, 0.25) is 0 Å². The van der Waals surface area contributed by atoms with Crippen LogP contribution in [0.3, 0.4) is 0 Å². The molecular formula is C20H25N3O2. The number of morpholine rings is 1. The van der Waals surface area contributed by atoms with Crippen molar-refractivity contribution in [3.05, 3.63) is 59.2 Å². The summed E-state index contributed by atoms with van der Waals surface area (Å²) in [5.74, 6) is 0.181. The lowest BCUT2D eigenvalue weighted by molar-refractivity contribution is -0.138. The van der Waals surface area contributed by atoms with Crippen molar-refractivity contribution in [2.45, 2.75) is 39.2 Å². The third-order valence-corrected chi connectivity index (χ3v) is 4.68. The molecule has 5 nitrogen and oxygen atoms in total. The van der Waals surface area contributed by atoms with Crippen molar-refractivity contribution in [1.82, 2.24) is 14.9 Å². The molecule has 0 spiro atoms. The molecule has 25 heavy (non-hydrogen) atoms. The van der Waals surface area contributed by atoms with Gasteiger partial charge in [-0.1, -0.05) is 24.3 Å². The minimum absolute atomic E-state index is 0.0739. The van der Waals surface area contributed by atoms with Crippen molar-refractivity contribution in [1.29, 1.82) is 0 Å². The lowest BCUT2D eigenvalue weighted by Gasteiger charge is -2.33. The van der Waals surface area contributed by atoms with Crippen LogP contribution >= 0.6 is 0 Å². The highest BCUT2D eigenvalue weighted by Gasteiger charge is 2.24. The maximum atomic E-state index is 12.6. The number of aryl methyl sites for hydroxylation is 3. The van der Waals surface area contributed by atoms with E-state index in [2.05, 4.69) is 23.0 Å². The summed E-state index contributed by atoms with van der Waals surface area (Å²) in [4.78, 5) is 23.0. The molecule has 2 aromatic rings. The second kappa shape index (κ2) is 8.21. The first-order valence-corrected chi connectivity index (χ1v) is 8.83. The van der Waals surface area contributed by atoms with Gasteiger partial charge in [0.05, 0.1) is 19.1 Å². The van der Waals surface area contributed by atoms with Crippen LogP contribution in [0.15, 0.2) is 36.7 Å². The van der Waals surface area contributed by atoms with Gasteiger partial charge >= 0.3 is 0 Å². The number of carbonyl (C=O) groups is 1. The smallest absolute Gasteiger partial charge is 0.227 e.